The van der Waals surface area contributed by atoms with Gasteiger partial charge in [0.2, 0.25) is 0 Å². The predicted molar refractivity (Wildman–Crippen MR) is 192 cm³/mol. The van der Waals surface area contributed by atoms with E-state index in [0.29, 0.717) is 19.3 Å². The summed E-state index contributed by atoms with van der Waals surface area (Å²) in [6, 6.07) is -0.623. The van der Waals surface area contributed by atoms with Gasteiger partial charge in [0.15, 0.2) is 12.1 Å². The third-order valence-corrected chi connectivity index (χ3v) is 7.51. The molecule has 0 fully saturated rings. The monoisotopic (exact) mass is 660 g/mol. The third-order valence-electron chi connectivity index (χ3n) is 7.51. The number of allylic oxidation sites excluding steroid dienone is 10. The van der Waals surface area contributed by atoms with Gasteiger partial charge in [-0.1, -0.05) is 113 Å². The molecule has 0 aliphatic rings. The van der Waals surface area contributed by atoms with Crippen molar-refractivity contribution in [1.82, 2.24) is 0 Å². The topological polar surface area (TPSA) is 99.1 Å². The Hall–Kier alpha value is -2.97. The van der Waals surface area contributed by atoms with Crippen molar-refractivity contribution in [3.63, 3.8) is 0 Å². The van der Waals surface area contributed by atoms with Crippen LogP contribution in [0.2, 0.25) is 0 Å². The van der Waals surface area contributed by atoms with Gasteiger partial charge in [0.1, 0.15) is 6.61 Å². The van der Waals surface area contributed by atoms with Crippen LogP contribution in [0, 0.1) is 0 Å². The second-order valence-corrected chi connectivity index (χ2v) is 12.8. The number of carbonyl (C=O) groups excluding carboxylic acids is 2. The van der Waals surface area contributed by atoms with Crippen LogP contribution in [-0.2, 0) is 28.6 Å². The van der Waals surface area contributed by atoms with E-state index in [9.17, 15) is 19.5 Å². The molecule has 0 aromatic rings. The van der Waals surface area contributed by atoms with E-state index in [0.717, 1.165) is 57.8 Å². The number of ether oxygens (including phenoxy) is 3. The van der Waals surface area contributed by atoms with E-state index in [1.165, 1.54) is 19.3 Å². The summed E-state index contributed by atoms with van der Waals surface area (Å²) < 4.78 is 17.0. The SMILES string of the molecule is CC/C=C/C=C/C=C/C=C/CCCCCCCC(=O)OCC(COCCC(C(=O)O)[N+](C)(C)C)OC(=O)CC/C=C/CCCCCC. The number of quaternary nitrogens is 1. The van der Waals surface area contributed by atoms with Crippen LogP contribution in [0.1, 0.15) is 117 Å². The van der Waals surface area contributed by atoms with Gasteiger partial charge in [0.05, 0.1) is 34.4 Å². The highest BCUT2D eigenvalue weighted by Gasteiger charge is 2.31. The van der Waals surface area contributed by atoms with Crippen molar-refractivity contribution in [2.45, 2.75) is 129 Å². The molecule has 0 rings (SSSR count). The molecule has 8 nitrogen and oxygen atoms in total. The number of esters is 2. The first-order valence-corrected chi connectivity index (χ1v) is 17.9. The Balaban J connectivity index is 4.50. The van der Waals surface area contributed by atoms with Gasteiger partial charge < -0.3 is 23.8 Å². The number of rotatable bonds is 30. The molecule has 0 aromatic heterocycles. The Morgan fingerprint density at radius 3 is 1.91 bits per heavy atom. The molecular weight excluding hydrogens is 594 g/mol. The number of carboxylic acids is 1. The summed E-state index contributed by atoms with van der Waals surface area (Å²) in [7, 11) is 5.48. The van der Waals surface area contributed by atoms with Crippen LogP contribution in [0.15, 0.2) is 60.8 Å². The smallest absolute Gasteiger partial charge is 0.362 e. The molecular formula is C39H66NO7+. The van der Waals surface area contributed by atoms with Crippen molar-refractivity contribution in [3.05, 3.63) is 60.8 Å². The van der Waals surface area contributed by atoms with Crippen LogP contribution in [0.5, 0.6) is 0 Å². The summed E-state index contributed by atoms with van der Waals surface area (Å²) in [5.41, 5.74) is 0. The maximum atomic E-state index is 12.5. The number of hydrogen-bond acceptors (Lipinski definition) is 6. The lowest BCUT2D eigenvalue weighted by molar-refractivity contribution is -0.887. The first-order chi connectivity index (χ1) is 22.6. The first kappa shape index (κ1) is 44.0. The molecule has 2 unspecified atom stereocenters. The highest BCUT2D eigenvalue weighted by atomic mass is 16.6. The molecule has 0 aliphatic carbocycles. The zero-order chi connectivity index (χ0) is 35.0. The molecule has 0 bridgehead atoms. The van der Waals surface area contributed by atoms with Gasteiger partial charge in [-0.25, -0.2) is 4.79 Å². The summed E-state index contributed by atoms with van der Waals surface area (Å²) in [5.74, 6) is -1.58. The molecule has 0 aromatic carbocycles. The average molecular weight is 661 g/mol. The van der Waals surface area contributed by atoms with Crippen LogP contribution in [-0.4, -0.2) is 80.6 Å². The van der Waals surface area contributed by atoms with Crippen LogP contribution < -0.4 is 0 Å². The number of carbonyl (C=O) groups is 3. The van der Waals surface area contributed by atoms with Crippen LogP contribution in [0.25, 0.3) is 0 Å². The van der Waals surface area contributed by atoms with Crippen molar-refractivity contribution in [2.24, 2.45) is 0 Å². The van der Waals surface area contributed by atoms with E-state index in [2.05, 4.69) is 38.2 Å². The highest BCUT2D eigenvalue weighted by molar-refractivity contribution is 5.72. The molecule has 8 heteroatoms. The van der Waals surface area contributed by atoms with Crippen LogP contribution in [0.4, 0.5) is 0 Å². The number of unbranched alkanes of at least 4 members (excludes halogenated alkanes) is 9. The molecule has 0 aliphatic heterocycles. The molecule has 0 radical (unpaired) electrons. The molecule has 0 saturated heterocycles. The Morgan fingerprint density at radius 2 is 1.26 bits per heavy atom. The molecule has 0 amide bonds. The fourth-order valence-electron chi connectivity index (χ4n) is 4.70. The van der Waals surface area contributed by atoms with Gasteiger partial charge in [-0.2, -0.15) is 0 Å². The summed E-state index contributed by atoms with van der Waals surface area (Å²) in [6.07, 6.45) is 34.3. The average Bonchev–Trinajstić information content (AvgIpc) is 3.01. The Morgan fingerprint density at radius 1 is 0.660 bits per heavy atom. The minimum atomic E-state index is -0.888. The fourth-order valence-corrected chi connectivity index (χ4v) is 4.70. The number of nitrogens with zero attached hydrogens (tertiary/aromatic N) is 1. The fraction of sp³-hybridized carbons (Fsp3) is 0.667. The maximum Gasteiger partial charge on any atom is 0.362 e. The van der Waals surface area contributed by atoms with Gasteiger partial charge in [-0.3, -0.25) is 9.59 Å². The second-order valence-electron chi connectivity index (χ2n) is 12.8. The molecule has 47 heavy (non-hydrogen) atoms. The molecule has 0 heterocycles. The van der Waals surface area contributed by atoms with E-state index in [1.54, 1.807) is 0 Å². The van der Waals surface area contributed by atoms with Crippen LogP contribution in [0.3, 0.4) is 0 Å². The van der Waals surface area contributed by atoms with Crippen LogP contribution >= 0.6 is 0 Å². The Kier molecular flexibility index (Phi) is 28.4. The summed E-state index contributed by atoms with van der Waals surface area (Å²) in [4.78, 5) is 36.6. The molecule has 0 spiro atoms. The minimum absolute atomic E-state index is 0.0347. The minimum Gasteiger partial charge on any atom is -0.477 e. The Labute approximate surface area is 286 Å². The molecule has 1 N–H and O–H groups in total. The zero-order valence-electron chi connectivity index (χ0n) is 30.2. The van der Waals surface area contributed by atoms with E-state index in [1.807, 2.05) is 57.6 Å². The van der Waals surface area contributed by atoms with Crippen molar-refractivity contribution in [1.29, 1.82) is 0 Å². The van der Waals surface area contributed by atoms with Crippen molar-refractivity contribution in [3.8, 4) is 0 Å². The highest BCUT2D eigenvalue weighted by Crippen LogP contribution is 2.11. The van der Waals surface area contributed by atoms with E-state index < -0.39 is 18.1 Å². The van der Waals surface area contributed by atoms with E-state index in [-0.39, 0.29) is 42.7 Å². The number of hydrogen-bond donors (Lipinski definition) is 1. The normalized spacial score (nSPS) is 13.8. The van der Waals surface area contributed by atoms with Gasteiger partial charge in [0.25, 0.3) is 0 Å². The lowest BCUT2D eigenvalue weighted by Gasteiger charge is -2.31. The number of likely N-dealkylation sites (N-methyl/N-ethyl adjacent to an activating group) is 1. The lowest BCUT2D eigenvalue weighted by Crippen LogP contribution is -2.50. The van der Waals surface area contributed by atoms with Gasteiger partial charge >= 0.3 is 17.9 Å². The first-order valence-electron chi connectivity index (χ1n) is 17.9. The van der Waals surface area contributed by atoms with E-state index in [4.69, 9.17) is 14.2 Å². The third kappa shape index (κ3) is 28.9. The molecule has 268 valence electrons. The van der Waals surface area contributed by atoms with Gasteiger partial charge in [-0.05, 0) is 44.9 Å². The number of aliphatic carboxylic acids is 1. The largest absolute Gasteiger partial charge is 0.477 e. The van der Waals surface area contributed by atoms with Crippen molar-refractivity contribution >= 4 is 17.9 Å². The summed E-state index contributed by atoms with van der Waals surface area (Å²) in [5, 5.41) is 9.55. The molecule has 2 atom stereocenters. The zero-order valence-corrected chi connectivity index (χ0v) is 30.2. The number of carboxylic acid groups (broad SMARTS) is 1. The predicted octanol–water partition coefficient (Wildman–Crippen LogP) is 8.68. The second kappa shape index (κ2) is 30.4. The standard InChI is InChI=1S/C39H65NO7/c1-6-8-10-12-14-16-17-18-19-20-21-22-24-25-27-29-37(41)46-34-35(33-45-32-31-36(39(43)44)40(3,4)5)47-38(42)30-28-26-23-15-13-11-9-7-2/h8,10,12,14,16-19,23,26,35-36H,6-7,9,11,13,15,20-22,24-25,27-34H2,1-5H3/p+1/b10-8+,14-12+,17-16+,19-18+,26-23+. The van der Waals surface area contributed by atoms with Crippen molar-refractivity contribution in [2.75, 3.05) is 41.0 Å². The van der Waals surface area contributed by atoms with Crippen molar-refractivity contribution < 1.29 is 38.2 Å². The Bertz CT molecular complexity index is 959. The van der Waals surface area contributed by atoms with E-state index >= 15 is 0 Å². The lowest BCUT2D eigenvalue weighted by atomic mass is 10.1. The maximum absolute atomic E-state index is 12.5. The summed E-state index contributed by atoms with van der Waals surface area (Å²) in [6.45, 7) is 4.45. The summed E-state index contributed by atoms with van der Waals surface area (Å²) >= 11 is 0. The molecule has 0 saturated carbocycles. The van der Waals surface area contributed by atoms with Gasteiger partial charge in [-0.15, -0.1) is 0 Å². The van der Waals surface area contributed by atoms with Gasteiger partial charge in [0, 0.05) is 19.3 Å². The quantitative estimate of drug-likeness (QED) is 0.0271.